The molecule has 2 nitrogen and oxygen atoms in total. The maximum absolute atomic E-state index is 6.02. The monoisotopic (exact) mass is 199 g/mol. The molecule has 1 aromatic rings. The number of hydrogen-bond acceptors (Lipinski definition) is 2. The quantitative estimate of drug-likeness (QED) is 0.796. The van der Waals surface area contributed by atoms with Crippen molar-refractivity contribution in [1.82, 2.24) is 0 Å². The van der Waals surface area contributed by atoms with Crippen LogP contribution in [0, 0.1) is 0 Å². The second kappa shape index (κ2) is 2.76. The molecule has 0 unspecified atom stereocenters. The highest BCUT2D eigenvalue weighted by Crippen LogP contribution is 2.45. The van der Waals surface area contributed by atoms with Gasteiger partial charge in [0.25, 0.3) is 0 Å². The van der Waals surface area contributed by atoms with Crippen LogP contribution in [0.2, 0.25) is 5.02 Å². The standard InChI is InChI=1S/C10H14ClNO/c1-6(2)9-7(11)5-8(13-9)10(12)3-4-10/h5-6H,3-4,12H2,1-2H3. The molecule has 1 saturated carbocycles. The summed E-state index contributed by atoms with van der Waals surface area (Å²) in [7, 11) is 0. The van der Waals surface area contributed by atoms with Crippen molar-refractivity contribution in [3.8, 4) is 0 Å². The first-order valence-corrected chi connectivity index (χ1v) is 4.99. The van der Waals surface area contributed by atoms with Gasteiger partial charge in [0.15, 0.2) is 0 Å². The van der Waals surface area contributed by atoms with Crippen LogP contribution >= 0.6 is 11.6 Å². The Morgan fingerprint density at radius 1 is 1.54 bits per heavy atom. The maximum Gasteiger partial charge on any atom is 0.125 e. The van der Waals surface area contributed by atoms with Crippen molar-refractivity contribution in [3.63, 3.8) is 0 Å². The van der Waals surface area contributed by atoms with Crippen LogP contribution in [0.5, 0.6) is 0 Å². The Kier molecular flexibility index (Phi) is 1.93. The number of rotatable bonds is 2. The van der Waals surface area contributed by atoms with E-state index in [1.54, 1.807) is 0 Å². The lowest BCUT2D eigenvalue weighted by Crippen LogP contribution is -2.17. The lowest BCUT2D eigenvalue weighted by atomic mass is 10.1. The van der Waals surface area contributed by atoms with Gasteiger partial charge in [-0.2, -0.15) is 0 Å². The van der Waals surface area contributed by atoms with Crippen molar-refractivity contribution in [2.45, 2.75) is 38.1 Å². The zero-order valence-electron chi connectivity index (χ0n) is 7.93. The first kappa shape index (κ1) is 9.10. The summed E-state index contributed by atoms with van der Waals surface area (Å²) in [6.45, 7) is 4.12. The Bertz CT molecular complexity index is 326. The third-order valence-electron chi connectivity index (χ3n) is 2.52. The SMILES string of the molecule is CC(C)c1oc(C2(N)CC2)cc1Cl. The molecule has 0 bridgehead atoms. The van der Waals surface area contributed by atoms with E-state index >= 15 is 0 Å². The van der Waals surface area contributed by atoms with Gasteiger partial charge < -0.3 is 10.2 Å². The Balaban J connectivity index is 2.35. The number of furan rings is 1. The van der Waals surface area contributed by atoms with E-state index in [0.717, 1.165) is 24.4 Å². The largest absolute Gasteiger partial charge is 0.462 e. The highest BCUT2D eigenvalue weighted by Gasteiger charge is 2.43. The maximum atomic E-state index is 6.02. The second-order valence-corrected chi connectivity index (χ2v) is 4.54. The molecule has 0 aliphatic heterocycles. The molecule has 1 heterocycles. The summed E-state index contributed by atoms with van der Waals surface area (Å²) in [6.07, 6.45) is 2.02. The predicted octanol–water partition coefficient (Wildman–Crippen LogP) is 3.00. The first-order chi connectivity index (χ1) is 6.03. The predicted molar refractivity (Wildman–Crippen MR) is 52.9 cm³/mol. The molecule has 1 aromatic heterocycles. The van der Waals surface area contributed by atoms with Crippen molar-refractivity contribution in [1.29, 1.82) is 0 Å². The van der Waals surface area contributed by atoms with E-state index in [1.165, 1.54) is 0 Å². The summed E-state index contributed by atoms with van der Waals surface area (Å²) < 4.78 is 5.65. The van der Waals surface area contributed by atoms with Crippen molar-refractivity contribution < 1.29 is 4.42 Å². The van der Waals surface area contributed by atoms with Gasteiger partial charge in [-0.25, -0.2) is 0 Å². The smallest absolute Gasteiger partial charge is 0.125 e. The van der Waals surface area contributed by atoms with Gasteiger partial charge in [0.1, 0.15) is 11.5 Å². The number of nitrogens with two attached hydrogens (primary N) is 1. The fourth-order valence-electron chi connectivity index (χ4n) is 1.40. The van der Waals surface area contributed by atoms with Crippen LogP contribution in [-0.4, -0.2) is 0 Å². The third kappa shape index (κ3) is 1.49. The van der Waals surface area contributed by atoms with Gasteiger partial charge in [-0.05, 0) is 12.8 Å². The number of halogens is 1. The summed E-state index contributed by atoms with van der Waals surface area (Å²) in [5, 5.41) is 0.710. The average molecular weight is 200 g/mol. The molecule has 0 radical (unpaired) electrons. The molecule has 1 aliphatic carbocycles. The summed E-state index contributed by atoms with van der Waals surface area (Å²) >= 11 is 6.02. The zero-order chi connectivity index (χ0) is 9.64. The van der Waals surface area contributed by atoms with Crippen molar-refractivity contribution in [2.75, 3.05) is 0 Å². The molecule has 0 saturated heterocycles. The van der Waals surface area contributed by atoms with Crippen LogP contribution in [0.4, 0.5) is 0 Å². The van der Waals surface area contributed by atoms with Crippen LogP contribution in [0.15, 0.2) is 10.5 Å². The molecule has 1 fully saturated rings. The molecule has 1 aliphatic rings. The van der Waals surface area contributed by atoms with Crippen LogP contribution in [0.3, 0.4) is 0 Å². The molecule has 3 heteroatoms. The van der Waals surface area contributed by atoms with E-state index in [0.29, 0.717) is 10.9 Å². The molecule has 0 atom stereocenters. The van der Waals surface area contributed by atoms with E-state index < -0.39 is 0 Å². The molecular weight excluding hydrogens is 186 g/mol. The van der Waals surface area contributed by atoms with E-state index in [1.807, 2.05) is 6.07 Å². The van der Waals surface area contributed by atoms with Crippen LogP contribution in [-0.2, 0) is 5.54 Å². The molecule has 0 aromatic carbocycles. The van der Waals surface area contributed by atoms with E-state index in [4.69, 9.17) is 21.8 Å². The molecular formula is C10H14ClNO. The summed E-state index contributed by atoms with van der Waals surface area (Å²) in [6, 6.07) is 1.86. The lowest BCUT2D eigenvalue weighted by molar-refractivity contribution is 0.412. The Hall–Kier alpha value is -0.470. The fraction of sp³-hybridized carbons (Fsp3) is 0.600. The van der Waals surface area contributed by atoms with Gasteiger partial charge in [0.05, 0.1) is 10.6 Å². The molecule has 0 amide bonds. The van der Waals surface area contributed by atoms with E-state index in [9.17, 15) is 0 Å². The van der Waals surface area contributed by atoms with Crippen LogP contribution in [0.1, 0.15) is 44.1 Å². The van der Waals surface area contributed by atoms with Gasteiger partial charge in [-0.15, -0.1) is 0 Å². The first-order valence-electron chi connectivity index (χ1n) is 4.61. The second-order valence-electron chi connectivity index (χ2n) is 4.13. The minimum atomic E-state index is -0.212. The van der Waals surface area contributed by atoms with E-state index in [2.05, 4.69) is 13.8 Å². The van der Waals surface area contributed by atoms with Gasteiger partial charge >= 0.3 is 0 Å². The highest BCUT2D eigenvalue weighted by molar-refractivity contribution is 6.31. The van der Waals surface area contributed by atoms with E-state index in [-0.39, 0.29) is 5.54 Å². The average Bonchev–Trinajstić information content (AvgIpc) is 2.63. The topological polar surface area (TPSA) is 39.2 Å². The van der Waals surface area contributed by atoms with Crippen LogP contribution < -0.4 is 5.73 Å². The van der Waals surface area contributed by atoms with Gasteiger partial charge in [0.2, 0.25) is 0 Å². The Labute approximate surface area is 83.1 Å². The minimum absolute atomic E-state index is 0.212. The zero-order valence-corrected chi connectivity index (χ0v) is 8.69. The lowest BCUT2D eigenvalue weighted by Gasteiger charge is -2.04. The van der Waals surface area contributed by atoms with Crippen LogP contribution in [0.25, 0.3) is 0 Å². The molecule has 72 valence electrons. The molecule has 2 rings (SSSR count). The highest BCUT2D eigenvalue weighted by atomic mass is 35.5. The Morgan fingerprint density at radius 2 is 2.15 bits per heavy atom. The van der Waals surface area contributed by atoms with Gasteiger partial charge in [0, 0.05) is 12.0 Å². The minimum Gasteiger partial charge on any atom is -0.462 e. The van der Waals surface area contributed by atoms with Gasteiger partial charge in [-0.3, -0.25) is 0 Å². The molecule has 13 heavy (non-hydrogen) atoms. The van der Waals surface area contributed by atoms with Crippen molar-refractivity contribution in [3.05, 3.63) is 22.6 Å². The van der Waals surface area contributed by atoms with Crippen molar-refractivity contribution >= 4 is 11.6 Å². The summed E-state index contributed by atoms with van der Waals surface area (Å²) in [5.41, 5.74) is 5.79. The Morgan fingerprint density at radius 3 is 2.54 bits per heavy atom. The fourth-order valence-corrected chi connectivity index (χ4v) is 1.76. The van der Waals surface area contributed by atoms with Crippen molar-refractivity contribution in [2.24, 2.45) is 5.73 Å². The third-order valence-corrected chi connectivity index (χ3v) is 2.81. The summed E-state index contributed by atoms with van der Waals surface area (Å²) in [4.78, 5) is 0. The molecule has 0 spiro atoms. The molecule has 2 N–H and O–H groups in total. The number of hydrogen-bond donors (Lipinski definition) is 1. The van der Waals surface area contributed by atoms with Gasteiger partial charge in [-0.1, -0.05) is 25.4 Å². The normalized spacial score (nSPS) is 19.5. The summed E-state index contributed by atoms with van der Waals surface area (Å²) in [5.74, 6) is 2.03.